The van der Waals surface area contributed by atoms with E-state index in [9.17, 15) is 0 Å². The Morgan fingerprint density at radius 2 is 1.19 bits per heavy atom. The highest BCUT2D eigenvalue weighted by atomic mass is 32.3. The van der Waals surface area contributed by atoms with Crippen LogP contribution in [0.4, 0.5) is 0 Å². The largest absolute Gasteiger partial charge is 0.394 e. The second kappa shape index (κ2) is 8.23. The minimum absolute atomic E-state index is 0.203. The molecule has 0 atom stereocenters. The van der Waals surface area contributed by atoms with E-state index >= 15 is 0 Å². The van der Waals surface area contributed by atoms with Gasteiger partial charge in [-0.15, -0.1) is 19.7 Å². The quantitative estimate of drug-likeness (QED) is 0.492. The summed E-state index contributed by atoms with van der Waals surface area (Å²) in [4.78, 5) is 0. The summed E-state index contributed by atoms with van der Waals surface area (Å²) >= 11 is 0. The van der Waals surface area contributed by atoms with Gasteiger partial charge in [0, 0.05) is 5.54 Å². The molecule has 0 aliphatic carbocycles. The highest BCUT2D eigenvalue weighted by molar-refractivity contribution is 7.79. The average Bonchev–Trinajstić information content (AvgIpc) is 2.01. The molecule has 0 saturated heterocycles. The lowest BCUT2D eigenvalue weighted by Crippen LogP contribution is -2.37. The van der Waals surface area contributed by atoms with Gasteiger partial charge in [0.2, 0.25) is 0 Å². The van der Waals surface area contributed by atoms with Crippen molar-refractivity contribution in [2.45, 2.75) is 24.8 Å². The lowest BCUT2D eigenvalue weighted by atomic mass is 9.89. The van der Waals surface area contributed by atoms with Gasteiger partial charge in [0.1, 0.15) is 0 Å². The van der Waals surface area contributed by atoms with Gasteiger partial charge in [-0.25, -0.2) is 0 Å². The van der Waals surface area contributed by atoms with E-state index in [0.717, 1.165) is 19.3 Å². The molecule has 0 spiro atoms. The van der Waals surface area contributed by atoms with Gasteiger partial charge < -0.3 is 5.73 Å². The molecule has 0 aliphatic rings. The second-order valence-electron chi connectivity index (χ2n) is 3.29. The average molecular weight is 249 g/mol. The molecule has 0 saturated carbocycles. The number of nitrogens with two attached hydrogens (primary N) is 1. The molecule has 0 radical (unpaired) electrons. The van der Waals surface area contributed by atoms with Crippen LogP contribution in [0, 0.1) is 0 Å². The van der Waals surface area contributed by atoms with E-state index in [2.05, 4.69) is 19.7 Å². The molecule has 0 aromatic heterocycles. The van der Waals surface area contributed by atoms with Gasteiger partial charge in [0.25, 0.3) is 0 Å². The molecular formula is C10H19NO4S. The smallest absolute Gasteiger partial charge is 0.324 e. The molecule has 0 aromatic rings. The first-order valence-electron chi connectivity index (χ1n) is 4.50. The van der Waals surface area contributed by atoms with Crippen LogP contribution in [0.3, 0.4) is 0 Å². The zero-order valence-corrected chi connectivity index (χ0v) is 9.99. The maximum Gasteiger partial charge on any atom is 0.394 e. The van der Waals surface area contributed by atoms with Crippen molar-refractivity contribution >= 4 is 10.4 Å². The lowest BCUT2D eigenvalue weighted by molar-refractivity contribution is 0.381. The van der Waals surface area contributed by atoms with Crippen molar-refractivity contribution in [2.75, 3.05) is 0 Å². The second-order valence-corrected chi connectivity index (χ2v) is 4.18. The fourth-order valence-corrected chi connectivity index (χ4v) is 1.11. The van der Waals surface area contributed by atoms with Crippen LogP contribution in [0.15, 0.2) is 38.0 Å². The van der Waals surface area contributed by atoms with Crippen molar-refractivity contribution in [1.29, 1.82) is 0 Å². The molecule has 0 bridgehead atoms. The first-order valence-corrected chi connectivity index (χ1v) is 5.89. The van der Waals surface area contributed by atoms with Crippen LogP contribution in [0.5, 0.6) is 0 Å². The van der Waals surface area contributed by atoms with Crippen molar-refractivity contribution < 1.29 is 17.5 Å². The number of rotatable bonds is 6. The monoisotopic (exact) mass is 249 g/mol. The van der Waals surface area contributed by atoms with E-state index in [-0.39, 0.29) is 5.54 Å². The van der Waals surface area contributed by atoms with E-state index in [0.29, 0.717) is 0 Å². The van der Waals surface area contributed by atoms with Crippen molar-refractivity contribution in [2.24, 2.45) is 5.73 Å². The third kappa shape index (κ3) is 15.5. The Labute approximate surface area is 96.9 Å². The Bertz CT molecular complexity index is 287. The Morgan fingerprint density at radius 1 is 1.00 bits per heavy atom. The van der Waals surface area contributed by atoms with Gasteiger partial charge in [0.05, 0.1) is 0 Å². The third-order valence-electron chi connectivity index (χ3n) is 1.65. The summed E-state index contributed by atoms with van der Waals surface area (Å²) < 4.78 is 31.6. The van der Waals surface area contributed by atoms with Gasteiger partial charge in [-0.3, -0.25) is 9.11 Å². The van der Waals surface area contributed by atoms with Crippen LogP contribution >= 0.6 is 0 Å². The lowest BCUT2D eigenvalue weighted by Gasteiger charge is -2.25. The van der Waals surface area contributed by atoms with Crippen molar-refractivity contribution in [3.63, 3.8) is 0 Å². The fourth-order valence-electron chi connectivity index (χ4n) is 1.11. The summed E-state index contributed by atoms with van der Waals surface area (Å²) in [5.74, 6) is 0. The minimum atomic E-state index is -4.67. The normalized spacial score (nSPS) is 10.9. The molecule has 5 nitrogen and oxygen atoms in total. The van der Waals surface area contributed by atoms with Gasteiger partial charge in [-0.05, 0) is 19.3 Å². The molecule has 94 valence electrons. The van der Waals surface area contributed by atoms with Crippen LogP contribution in [0.25, 0.3) is 0 Å². The predicted octanol–water partition coefficient (Wildman–Crippen LogP) is 1.76. The third-order valence-corrected chi connectivity index (χ3v) is 1.65. The van der Waals surface area contributed by atoms with Crippen molar-refractivity contribution in [1.82, 2.24) is 0 Å². The molecule has 0 aromatic carbocycles. The van der Waals surface area contributed by atoms with Crippen molar-refractivity contribution in [3.05, 3.63) is 38.0 Å². The zero-order chi connectivity index (χ0) is 13.2. The maximum atomic E-state index is 8.74. The molecule has 4 N–H and O–H groups in total. The number of hydrogen-bond donors (Lipinski definition) is 3. The maximum absolute atomic E-state index is 8.74. The highest BCUT2D eigenvalue weighted by Gasteiger charge is 2.18. The highest BCUT2D eigenvalue weighted by Crippen LogP contribution is 2.17. The molecule has 0 aliphatic heterocycles. The molecule has 6 heteroatoms. The first-order chi connectivity index (χ1) is 7.18. The van der Waals surface area contributed by atoms with Gasteiger partial charge in [0.15, 0.2) is 0 Å². The molecule has 0 amide bonds. The standard InChI is InChI=1S/C10H17N.H2O4S/c1-4-7-10(11,8-5-2)9-6-3;1-5(2,3)4/h4-6H,1-3,7-9,11H2;(H2,1,2,3,4). The molecular weight excluding hydrogens is 230 g/mol. The van der Waals surface area contributed by atoms with E-state index in [1.165, 1.54) is 0 Å². The van der Waals surface area contributed by atoms with Crippen LogP contribution in [0.2, 0.25) is 0 Å². The summed E-state index contributed by atoms with van der Waals surface area (Å²) in [6.45, 7) is 11.0. The number of hydrogen-bond acceptors (Lipinski definition) is 3. The van der Waals surface area contributed by atoms with Crippen LogP contribution in [0.1, 0.15) is 19.3 Å². The summed E-state index contributed by atoms with van der Waals surface area (Å²) in [7, 11) is -4.67. The van der Waals surface area contributed by atoms with E-state index in [1.807, 2.05) is 18.2 Å². The summed E-state index contributed by atoms with van der Waals surface area (Å²) in [6, 6.07) is 0. The Balaban J connectivity index is 0. The van der Waals surface area contributed by atoms with Crippen LogP contribution < -0.4 is 5.73 Å². The van der Waals surface area contributed by atoms with Gasteiger partial charge >= 0.3 is 10.4 Å². The SMILES string of the molecule is C=CCC(N)(CC=C)CC=C.O=S(=O)(O)O. The van der Waals surface area contributed by atoms with Crippen molar-refractivity contribution in [3.8, 4) is 0 Å². The first kappa shape index (κ1) is 17.4. The van der Waals surface area contributed by atoms with Gasteiger partial charge in [-0.2, -0.15) is 8.42 Å². The molecule has 0 unspecified atom stereocenters. The van der Waals surface area contributed by atoms with E-state index in [4.69, 9.17) is 23.3 Å². The Morgan fingerprint density at radius 3 is 1.31 bits per heavy atom. The van der Waals surface area contributed by atoms with Crippen LogP contribution in [-0.4, -0.2) is 23.1 Å². The zero-order valence-electron chi connectivity index (χ0n) is 9.17. The summed E-state index contributed by atoms with van der Waals surface area (Å²) in [5.41, 5.74) is 5.81. The fraction of sp³-hybridized carbons (Fsp3) is 0.400. The summed E-state index contributed by atoms with van der Waals surface area (Å²) in [5, 5.41) is 0. The van der Waals surface area contributed by atoms with E-state index < -0.39 is 10.4 Å². The van der Waals surface area contributed by atoms with E-state index in [1.54, 1.807) is 0 Å². The predicted molar refractivity (Wildman–Crippen MR) is 65.5 cm³/mol. The molecule has 0 rings (SSSR count). The van der Waals surface area contributed by atoms with Crippen LogP contribution in [-0.2, 0) is 10.4 Å². The summed E-state index contributed by atoms with van der Waals surface area (Å²) in [6.07, 6.45) is 7.95. The Hall–Kier alpha value is -0.950. The molecule has 0 fully saturated rings. The molecule has 0 heterocycles. The Kier molecular flexibility index (Phi) is 8.97. The van der Waals surface area contributed by atoms with Gasteiger partial charge in [-0.1, -0.05) is 18.2 Å². The topological polar surface area (TPSA) is 101 Å². The molecule has 16 heavy (non-hydrogen) atoms. The minimum Gasteiger partial charge on any atom is -0.324 e.